The zero-order valence-electron chi connectivity index (χ0n) is 20.6. The lowest BCUT2D eigenvalue weighted by Crippen LogP contribution is -2.29. The highest BCUT2D eigenvalue weighted by atomic mass is 16.3. The maximum Gasteiger partial charge on any atom is 0.296 e. The van der Waals surface area contributed by atoms with Crippen LogP contribution >= 0.6 is 0 Å². The number of carbonyl (C=O) groups is 2. The molecule has 1 aromatic heterocycles. The standard InChI is InChI=1S/C29H31NO4/c1-17-9-10-18(2)20(14-17)16-30-25(23-8-7-13-34-23)24(27(32)28(30)33)26(31)22-15-21(29(4,5)6)12-11-19(22)3/h7-15,25,31H,16H2,1-6H3/b26-24+. The Hall–Kier alpha value is -3.60. The first-order valence-corrected chi connectivity index (χ1v) is 11.5. The highest BCUT2D eigenvalue weighted by Gasteiger charge is 2.47. The molecule has 176 valence electrons. The van der Waals surface area contributed by atoms with Gasteiger partial charge in [-0.15, -0.1) is 0 Å². The average molecular weight is 458 g/mol. The molecule has 0 aliphatic carbocycles. The van der Waals surface area contributed by atoms with Crippen molar-refractivity contribution in [2.45, 2.75) is 59.5 Å². The van der Waals surface area contributed by atoms with Gasteiger partial charge in [-0.2, -0.15) is 0 Å². The summed E-state index contributed by atoms with van der Waals surface area (Å²) in [5.74, 6) is -1.08. The Labute approximate surface area is 200 Å². The minimum Gasteiger partial charge on any atom is -0.507 e. The van der Waals surface area contributed by atoms with Gasteiger partial charge in [-0.1, -0.05) is 56.7 Å². The molecule has 0 spiro atoms. The minimum atomic E-state index is -0.812. The van der Waals surface area contributed by atoms with Crippen LogP contribution in [-0.2, 0) is 21.5 Å². The molecule has 0 bridgehead atoms. The van der Waals surface area contributed by atoms with Crippen molar-refractivity contribution in [2.75, 3.05) is 0 Å². The summed E-state index contributed by atoms with van der Waals surface area (Å²) in [4.78, 5) is 28.1. The second-order valence-corrected chi connectivity index (χ2v) is 10.2. The van der Waals surface area contributed by atoms with Crippen LogP contribution in [0.15, 0.2) is 64.8 Å². The van der Waals surface area contributed by atoms with Gasteiger partial charge in [0, 0.05) is 12.1 Å². The fraction of sp³-hybridized carbons (Fsp3) is 0.310. The lowest BCUT2D eigenvalue weighted by Gasteiger charge is -2.25. The molecule has 5 heteroatoms. The maximum atomic E-state index is 13.3. The topological polar surface area (TPSA) is 70.8 Å². The number of hydrogen-bond acceptors (Lipinski definition) is 4. The van der Waals surface area contributed by atoms with Crippen LogP contribution in [0.25, 0.3) is 5.76 Å². The highest BCUT2D eigenvalue weighted by Crippen LogP contribution is 2.41. The zero-order valence-corrected chi connectivity index (χ0v) is 20.6. The Balaban J connectivity index is 1.88. The zero-order chi connectivity index (χ0) is 24.8. The Bertz CT molecular complexity index is 1290. The molecule has 3 aromatic rings. The van der Waals surface area contributed by atoms with Crippen LogP contribution in [0.2, 0.25) is 0 Å². The van der Waals surface area contributed by atoms with Crippen molar-refractivity contribution < 1.29 is 19.1 Å². The summed E-state index contributed by atoms with van der Waals surface area (Å²) in [6.45, 7) is 12.4. The molecule has 1 atom stereocenters. The predicted molar refractivity (Wildman–Crippen MR) is 132 cm³/mol. The van der Waals surface area contributed by atoms with Gasteiger partial charge in [0.15, 0.2) is 0 Å². The number of furan rings is 1. The fourth-order valence-electron chi connectivity index (χ4n) is 4.43. The third kappa shape index (κ3) is 4.18. The number of aliphatic hydroxyl groups is 1. The number of amides is 1. The summed E-state index contributed by atoms with van der Waals surface area (Å²) in [5, 5.41) is 11.5. The van der Waals surface area contributed by atoms with Gasteiger partial charge in [0.2, 0.25) is 0 Å². The number of nitrogens with zero attached hydrogens (tertiary/aromatic N) is 1. The van der Waals surface area contributed by atoms with E-state index in [0.29, 0.717) is 11.3 Å². The second-order valence-electron chi connectivity index (χ2n) is 10.2. The van der Waals surface area contributed by atoms with Gasteiger partial charge in [0.05, 0.1) is 11.8 Å². The van der Waals surface area contributed by atoms with Gasteiger partial charge in [-0.25, -0.2) is 0 Å². The van der Waals surface area contributed by atoms with E-state index in [-0.39, 0.29) is 23.3 Å². The van der Waals surface area contributed by atoms with Crippen molar-refractivity contribution in [3.8, 4) is 0 Å². The summed E-state index contributed by atoms with van der Waals surface area (Å²) >= 11 is 0. The van der Waals surface area contributed by atoms with Crippen LogP contribution < -0.4 is 0 Å². The lowest BCUT2D eigenvalue weighted by molar-refractivity contribution is -0.140. The van der Waals surface area contributed by atoms with E-state index in [0.717, 1.165) is 27.8 Å². The van der Waals surface area contributed by atoms with Crippen molar-refractivity contribution >= 4 is 17.4 Å². The van der Waals surface area contributed by atoms with Crippen molar-refractivity contribution in [2.24, 2.45) is 0 Å². The van der Waals surface area contributed by atoms with E-state index < -0.39 is 17.7 Å². The van der Waals surface area contributed by atoms with E-state index in [1.165, 1.54) is 11.2 Å². The van der Waals surface area contributed by atoms with Crippen LogP contribution in [0.5, 0.6) is 0 Å². The summed E-state index contributed by atoms with van der Waals surface area (Å²) in [7, 11) is 0. The molecule has 1 unspecified atom stereocenters. The smallest absolute Gasteiger partial charge is 0.296 e. The number of carbonyl (C=O) groups excluding carboxylic acids is 2. The van der Waals surface area contributed by atoms with Gasteiger partial charge in [-0.3, -0.25) is 9.59 Å². The number of aryl methyl sites for hydroxylation is 3. The van der Waals surface area contributed by atoms with Crippen molar-refractivity contribution in [3.63, 3.8) is 0 Å². The van der Waals surface area contributed by atoms with Crippen LogP contribution in [0.3, 0.4) is 0 Å². The van der Waals surface area contributed by atoms with Crippen molar-refractivity contribution in [3.05, 3.63) is 99.5 Å². The summed E-state index contributed by atoms with van der Waals surface area (Å²) < 4.78 is 5.67. The molecule has 0 saturated carbocycles. The second kappa shape index (κ2) is 8.64. The molecule has 1 aliphatic heterocycles. The first kappa shape index (κ1) is 23.6. The molecular weight excluding hydrogens is 426 g/mol. The van der Waals surface area contributed by atoms with Gasteiger partial charge >= 0.3 is 0 Å². The number of hydrogen-bond donors (Lipinski definition) is 1. The Morgan fingerprint density at radius 1 is 1.00 bits per heavy atom. The van der Waals surface area contributed by atoms with E-state index in [4.69, 9.17) is 4.42 Å². The van der Waals surface area contributed by atoms with Crippen LogP contribution in [0.1, 0.15) is 66.0 Å². The SMILES string of the molecule is Cc1ccc(C)c(CN2C(=O)C(=O)/C(=C(/O)c3cc(C(C)(C)C)ccc3C)C2c2ccco2)c1. The fourth-order valence-corrected chi connectivity index (χ4v) is 4.43. The summed E-state index contributed by atoms with van der Waals surface area (Å²) in [6.07, 6.45) is 1.51. The van der Waals surface area contributed by atoms with Crippen LogP contribution in [0.4, 0.5) is 0 Å². The molecule has 5 nitrogen and oxygen atoms in total. The number of benzene rings is 2. The Morgan fingerprint density at radius 2 is 1.71 bits per heavy atom. The van der Waals surface area contributed by atoms with E-state index in [9.17, 15) is 14.7 Å². The molecular formula is C29H31NO4. The molecule has 0 radical (unpaired) electrons. The van der Waals surface area contributed by atoms with Crippen LogP contribution in [0, 0.1) is 20.8 Å². The molecule has 2 heterocycles. The predicted octanol–water partition coefficient (Wildman–Crippen LogP) is 6.12. The van der Waals surface area contributed by atoms with E-state index in [1.54, 1.807) is 12.1 Å². The molecule has 1 fully saturated rings. The van der Waals surface area contributed by atoms with E-state index in [1.807, 2.05) is 57.2 Å². The Morgan fingerprint density at radius 3 is 2.35 bits per heavy atom. The Kier molecular flexibility index (Phi) is 5.98. The van der Waals surface area contributed by atoms with Crippen molar-refractivity contribution in [1.29, 1.82) is 0 Å². The summed E-state index contributed by atoms with van der Waals surface area (Å²) in [5.41, 5.74) is 5.36. The molecule has 1 N–H and O–H groups in total. The maximum absolute atomic E-state index is 13.3. The molecule has 34 heavy (non-hydrogen) atoms. The normalized spacial score (nSPS) is 18.1. The first-order chi connectivity index (χ1) is 16.0. The number of Topliss-reactive ketones (excluding diaryl/α,β-unsaturated/α-hetero) is 1. The summed E-state index contributed by atoms with van der Waals surface area (Å²) in [6, 6.07) is 14.5. The van der Waals surface area contributed by atoms with Gasteiger partial charge < -0.3 is 14.4 Å². The van der Waals surface area contributed by atoms with Gasteiger partial charge in [-0.05, 0) is 66.6 Å². The third-order valence-corrected chi connectivity index (χ3v) is 6.56. The number of likely N-dealkylation sites (tertiary alicyclic amines) is 1. The number of ketones is 1. The minimum absolute atomic E-state index is 0.0550. The van der Waals surface area contributed by atoms with E-state index in [2.05, 4.69) is 20.8 Å². The molecule has 1 amide bonds. The largest absolute Gasteiger partial charge is 0.507 e. The van der Waals surface area contributed by atoms with Crippen LogP contribution in [-0.4, -0.2) is 21.7 Å². The average Bonchev–Trinajstić information content (AvgIpc) is 3.38. The monoisotopic (exact) mass is 457 g/mol. The van der Waals surface area contributed by atoms with Gasteiger partial charge in [0.1, 0.15) is 17.6 Å². The number of rotatable bonds is 4. The molecule has 1 aliphatic rings. The highest BCUT2D eigenvalue weighted by molar-refractivity contribution is 6.46. The molecule has 2 aromatic carbocycles. The van der Waals surface area contributed by atoms with E-state index >= 15 is 0 Å². The molecule has 4 rings (SSSR count). The third-order valence-electron chi connectivity index (χ3n) is 6.56. The quantitative estimate of drug-likeness (QED) is 0.291. The number of aliphatic hydroxyl groups excluding tert-OH is 1. The van der Waals surface area contributed by atoms with Gasteiger partial charge in [0.25, 0.3) is 11.7 Å². The lowest BCUT2D eigenvalue weighted by atomic mass is 9.84. The molecule has 1 saturated heterocycles. The van der Waals surface area contributed by atoms with Crippen molar-refractivity contribution in [1.82, 2.24) is 4.90 Å². The first-order valence-electron chi connectivity index (χ1n) is 11.5.